The van der Waals surface area contributed by atoms with Crippen molar-refractivity contribution in [2.45, 2.75) is 91.9 Å². The van der Waals surface area contributed by atoms with Gasteiger partial charge in [-0.2, -0.15) is 0 Å². The van der Waals surface area contributed by atoms with Crippen LogP contribution < -0.4 is 0 Å². The van der Waals surface area contributed by atoms with Crippen LogP contribution in [0, 0.1) is 11.3 Å². The third-order valence-corrected chi connectivity index (χ3v) is 5.05. The fourth-order valence-corrected chi connectivity index (χ4v) is 3.36. The Balaban J connectivity index is 4.05. The second kappa shape index (κ2) is 10.6. The van der Waals surface area contributed by atoms with Crippen LogP contribution in [0.2, 0.25) is 0 Å². The zero-order valence-electron chi connectivity index (χ0n) is 13.4. The van der Waals surface area contributed by atoms with Gasteiger partial charge in [-0.1, -0.05) is 72.3 Å². The second-order valence-electron chi connectivity index (χ2n) is 5.82. The van der Waals surface area contributed by atoms with Crippen LogP contribution in [0.3, 0.4) is 0 Å². The Morgan fingerprint density at radius 1 is 0.833 bits per heavy atom. The van der Waals surface area contributed by atoms with Gasteiger partial charge in [0.05, 0.1) is 0 Å². The number of allylic oxidation sites excluding steroid dienone is 1. The first-order valence-electron chi connectivity index (χ1n) is 8.33. The molecule has 0 aliphatic carbocycles. The molecule has 0 fully saturated rings. The molecule has 1 unspecified atom stereocenters. The Bertz CT molecular complexity index is 180. The molecule has 0 rings (SSSR count). The van der Waals surface area contributed by atoms with E-state index in [1.807, 2.05) is 0 Å². The van der Waals surface area contributed by atoms with E-state index in [1.54, 1.807) is 0 Å². The SMILES string of the molecule is C=CC(CCCCCCCC)C(CC)(CC)CC. The zero-order chi connectivity index (χ0) is 13.9. The van der Waals surface area contributed by atoms with Crippen molar-refractivity contribution in [1.29, 1.82) is 0 Å². The van der Waals surface area contributed by atoms with Gasteiger partial charge in [-0.15, -0.1) is 6.58 Å². The van der Waals surface area contributed by atoms with E-state index in [4.69, 9.17) is 0 Å². The molecule has 0 amide bonds. The van der Waals surface area contributed by atoms with Crippen molar-refractivity contribution in [2.75, 3.05) is 0 Å². The van der Waals surface area contributed by atoms with E-state index in [9.17, 15) is 0 Å². The van der Waals surface area contributed by atoms with Crippen LogP contribution in [0.5, 0.6) is 0 Å². The molecule has 1 atom stereocenters. The Morgan fingerprint density at radius 3 is 1.78 bits per heavy atom. The topological polar surface area (TPSA) is 0 Å². The van der Waals surface area contributed by atoms with Gasteiger partial charge in [0.25, 0.3) is 0 Å². The minimum atomic E-state index is 0.519. The highest BCUT2D eigenvalue weighted by Gasteiger charge is 2.31. The average molecular weight is 252 g/mol. The van der Waals surface area contributed by atoms with E-state index in [2.05, 4.69) is 40.3 Å². The molecule has 0 saturated carbocycles. The third-order valence-electron chi connectivity index (χ3n) is 5.05. The number of unbranched alkanes of at least 4 members (excludes halogenated alkanes) is 5. The third kappa shape index (κ3) is 5.59. The van der Waals surface area contributed by atoms with Gasteiger partial charge in [-0.25, -0.2) is 0 Å². The molecule has 0 aromatic carbocycles. The maximum atomic E-state index is 4.10. The summed E-state index contributed by atoms with van der Waals surface area (Å²) in [6.45, 7) is 13.4. The van der Waals surface area contributed by atoms with E-state index < -0.39 is 0 Å². The first-order chi connectivity index (χ1) is 8.70. The average Bonchev–Trinajstić information content (AvgIpc) is 2.42. The smallest absolute Gasteiger partial charge is 0.0180 e. The molecule has 0 saturated heterocycles. The summed E-state index contributed by atoms with van der Waals surface area (Å²) in [4.78, 5) is 0. The van der Waals surface area contributed by atoms with Crippen LogP contribution in [0.4, 0.5) is 0 Å². The molecule has 0 N–H and O–H groups in total. The molecule has 18 heavy (non-hydrogen) atoms. The fraction of sp³-hybridized carbons (Fsp3) is 0.889. The largest absolute Gasteiger partial charge is 0.103 e. The van der Waals surface area contributed by atoms with Gasteiger partial charge in [0.2, 0.25) is 0 Å². The van der Waals surface area contributed by atoms with Crippen molar-refractivity contribution in [3.05, 3.63) is 12.7 Å². The summed E-state index contributed by atoms with van der Waals surface area (Å²) >= 11 is 0. The summed E-state index contributed by atoms with van der Waals surface area (Å²) in [5.74, 6) is 0.726. The molecule has 0 spiro atoms. The molecular formula is C18H36. The molecule has 0 bridgehead atoms. The lowest BCUT2D eigenvalue weighted by Gasteiger charge is -2.37. The molecule has 0 aromatic rings. The van der Waals surface area contributed by atoms with Gasteiger partial charge in [-0.3, -0.25) is 0 Å². The normalized spacial score (nSPS) is 13.6. The maximum Gasteiger partial charge on any atom is -0.0180 e. The Kier molecular flexibility index (Phi) is 10.5. The van der Waals surface area contributed by atoms with E-state index >= 15 is 0 Å². The summed E-state index contributed by atoms with van der Waals surface area (Å²) in [5.41, 5.74) is 0.519. The molecule has 0 aliphatic heterocycles. The minimum Gasteiger partial charge on any atom is -0.103 e. The van der Waals surface area contributed by atoms with Crippen LogP contribution in [0.15, 0.2) is 12.7 Å². The monoisotopic (exact) mass is 252 g/mol. The van der Waals surface area contributed by atoms with Crippen LogP contribution in [0.25, 0.3) is 0 Å². The highest BCUT2D eigenvalue weighted by molar-refractivity contribution is 4.93. The summed E-state index contributed by atoms with van der Waals surface area (Å²) in [5, 5.41) is 0. The van der Waals surface area contributed by atoms with Gasteiger partial charge < -0.3 is 0 Å². The summed E-state index contributed by atoms with van der Waals surface area (Å²) in [6.07, 6.45) is 15.9. The molecule has 0 radical (unpaired) electrons. The summed E-state index contributed by atoms with van der Waals surface area (Å²) < 4.78 is 0. The first-order valence-corrected chi connectivity index (χ1v) is 8.33. The lowest BCUT2D eigenvalue weighted by Crippen LogP contribution is -2.27. The molecule has 108 valence electrons. The molecule has 0 aromatic heterocycles. The van der Waals surface area contributed by atoms with Crippen LogP contribution in [-0.4, -0.2) is 0 Å². The number of hydrogen-bond donors (Lipinski definition) is 0. The highest BCUT2D eigenvalue weighted by atomic mass is 14.4. The van der Waals surface area contributed by atoms with Gasteiger partial charge >= 0.3 is 0 Å². The fourth-order valence-electron chi connectivity index (χ4n) is 3.36. The molecule has 0 heterocycles. The van der Waals surface area contributed by atoms with Gasteiger partial charge in [0, 0.05) is 0 Å². The molecule has 0 nitrogen and oxygen atoms in total. The lowest BCUT2D eigenvalue weighted by atomic mass is 9.67. The van der Waals surface area contributed by atoms with Crippen LogP contribution in [-0.2, 0) is 0 Å². The quantitative estimate of drug-likeness (QED) is 0.266. The summed E-state index contributed by atoms with van der Waals surface area (Å²) in [6, 6.07) is 0. The van der Waals surface area contributed by atoms with Crippen molar-refractivity contribution >= 4 is 0 Å². The summed E-state index contributed by atoms with van der Waals surface area (Å²) in [7, 11) is 0. The van der Waals surface area contributed by atoms with E-state index in [-0.39, 0.29) is 0 Å². The van der Waals surface area contributed by atoms with Crippen molar-refractivity contribution in [2.24, 2.45) is 11.3 Å². The zero-order valence-corrected chi connectivity index (χ0v) is 13.4. The Labute approximate surface area is 116 Å². The predicted octanol–water partition coefficient (Wildman–Crippen LogP) is 6.76. The van der Waals surface area contributed by atoms with Crippen molar-refractivity contribution < 1.29 is 0 Å². The van der Waals surface area contributed by atoms with Gasteiger partial charge in [0.1, 0.15) is 0 Å². The van der Waals surface area contributed by atoms with E-state index in [1.165, 1.54) is 64.2 Å². The number of rotatable bonds is 12. The van der Waals surface area contributed by atoms with Gasteiger partial charge in [0.15, 0.2) is 0 Å². The van der Waals surface area contributed by atoms with Crippen molar-refractivity contribution in [3.63, 3.8) is 0 Å². The standard InChI is InChI=1S/C18H36/c1-6-11-12-13-14-15-16-17(7-2)18(8-3,9-4)10-5/h7,17H,2,6,8-16H2,1,3-5H3. The number of hydrogen-bond acceptors (Lipinski definition) is 0. The van der Waals surface area contributed by atoms with Crippen molar-refractivity contribution in [1.82, 2.24) is 0 Å². The molecule has 0 heteroatoms. The van der Waals surface area contributed by atoms with Crippen LogP contribution in [0.1, 0.15) is 91.9 Å². The van der Waals surface area contributed by atoms with E-state index in [0.717, 1.165) is 5.92 Å². The lowest BCUT2D eigenvalue weighted by molar-refractivity contribution is 0.159. The van der Waals surface area contributed by atoms with Gasteiger partial charge in [-0.05, 0) is 37.0 Å². The molecular weight excluding hydrogens is 216 g/mol. The van der Waals surface area contributed by atoms with Crippen molar-refractivity contribution in [3.8, 4) is 0 Å². The first kappa shape index (κ1) is 17.7. The Morgan fingerprint density at radius 2 is 1.33 bits per heavy atom. The van der Waals surface area contributed by atoms with E-state index in [0.29, 0.717) is 5.41 Å². The van der Waals surface area contributed by atoms with Crippen LogP contribution >= 0.6 is 0 Å². The minimum absolute atomic E-state index is 0.519. The maximum absolute atomic E-state index is 4.10. The molecule has 0 aliphatic rings. The Hall–Kier alpha value is -0.260. The highest BCUT2D eigenvalue weighted by Crippen LogP contribution is 2.42. The second-order valence-corrected chi connectivity index (χ2v) is 5.82. The predicted molar refractivity (Wildman–Crippen MR) is 85.0 cm³/mol.